The zero-order valence-electron chi connectivity index (χ0n) is 19.3. The standard InChI is InChI=1S/C24H17Cl3F3N7S/c25-13-1-4-15(5-2-13)37-18(10-36-12-31-11-32-36)19(33-20(37)16-6-3-14(26)9-17(16)27)21-34-35-22(38-21)23(7-8-23)24(28,29)30/h1-6,9,11-12,21,34H,7-8,10H2. The number of thioether (sulfide) groups is 1. The number of rotatable bonds is 6. The minimum Gasteiger partial charge on any atom is -0.294 e. The molecule has 1 aliphatic heterocycles. The molecule has 196 valence electrons. The van der Waals surface area contributed by atoms with E-state index in [2.05, 4.69) is 20.6 Å². The molecule has 1 aliphatic carbocycles. The highest BCUT2D eigenvalue weighted by Gasteiger charge is 2.67. The number of nitrogens with one attached hydrogen (secondary N) is 1. The van der Waals surface area contributed by atoms with Crippen molar-refractivity contribution in [1.29, 1.82) is 0 Å². The van der Waals surface area contributed by atoms with Crippen molar-refractivity contribution >= 4 is 51.6 Å². The molecule has 2 aromatic heterocycles. The van der Waals surface area contributed by atoms with Gasteiger partial charge >= 0.3 is 6.18 Å². The van der Waals surface area contributed by atoms with E-state index in [9.17, 15) is 13.2 Å². The van der Waals surface area contributed by atoms with Crippen LogP contribution in [0, 0.1) is 5.41 Å². The van der Waals surface area contributed by atoms with Gasteiger partial charge in [0.05, 0.1) is 23.0 Å². The zero-order valence-corrected chi connectivity index (χ0v) is 22.3. The predicted molar refractivity (Wildman–Crippen MR) is 142 cm³/mol. The third-order valence-electron chi connectivity index (χ3n) is 6.50. The van der Waals surface area contributed by atoms with E-state index in [4.69, 9.17) is 39.8 Å². The van der Waals surface area contributed by atoms with Gasteiger partial charge in [0, 0.05) is 21.3 Å². The molecule has 0 bridgehead atoms. The second-order valence-electron chi connectivity index (χ2n) is 8.92. The van der Waals surface area contributed by atoms with Crippen molar-refractivity contribution in [2.45, 2.75) is 30.9 Å². The van der Waals surface area contributed by atoms with Crippen LogP contribution >= 0.6 is 46.6 Å². The van der Waals surface area contributed by atoms with Crippen LogP contribution in [0.15, 0.2) is 60.2 Å². The van der Waals surface area contributed by atoms with Crippen molar-refractivity contribution in [2.75, 3.05) is 0 Å². The average molecular weight is 599 g/mol. The van der Waals surface area contributed by atoms with Crippen LogP contribution in [0.3, 0.4) is 0 Å². The Morgan fingerprint density at radius 2 is 1.79 bits per heavy atom. The van der Waals surface area contributed by atoms with Gasteiger partial charge in [0.1, 0.15) is 34.3 Å². The number of nitrogens with zero attached hydrogens (tertiary/aromatic N) is 6. The first-order chi connectivity index (χ1) is 18.2. The molecule has 1 saturated carbocycles. The summed E-state index contributed by atoms with van der Waals surface area (Å²) in [6.07, 6.45) is -1.37. The van der Waals surface area contributed by atoms with E-state index < -0.39 is 17.0 Å². The van der Waals surface area contributed by atoms with Crippen LogP contribution in [0.5, 0.6) is 0 Å². The lowest BCUT2D eigenvalue weighted by Crippen LogP contribution is -2.30. The first kappa shape index (κ1) is 25.5. The monoisotopic (exact) mass is 597 g/mol. The normalized spacial score (nSPS) is 18.4. The molecule has 3 heterocycles. The van der Waals surface area contributed by atoms with Crippen LogP contribution in [0.2, 0.25) is 15.1 Å². The van der Waals surface area contributed by atoms with Crippen molar-refractivity contribution in [3.8, 4) is 17.1 Å². The van der Waals surface area contributed by atoms with Gasteiger partial charge in [-0.05, 0) is 55.3 Å². The minimum atomic E-state index is -4.37. The van der Waals surface area contributed by atoms with Gasteiger partial charge in [-0.15, -0.1) is 0 Å². The molecule has 0 amide bonds. The second-order valence-corrected chi connectivity index (χ2v) is 11.3. The first-order valence-electron chi connectivity index (χ1n) is 11.4. The molecule has 38 heavy (non-hydrogen) atoms. The molecule has 0 saturated heterocycles. The Kier molecular flexibility index (Phi) is 6.37. The smallest absolute Gasteiger partial charge is 0.294 e. The molecule has 7 nitrogen and oxygen atoms in total. The summed E-state index contributed by atoms with van der Waals surface area (Å²) in [5, 5.41) is 9.08. The van der Waals surface area contributed by atoms with Crippen LogP contribution in [0.25, 0.3) is 17.1 Å². The maximum Gasteiger partial charge on any atom is 0.400 e. The molecule has 14 heteroatoms. The molecular formula is C24H17Cl3F3N7S. The Bertz CT molecular complexity index is 1530. The molecule has 6 rings (SSSR count). The lowest BCUT2D eigenvalue weighted by Gasteiger charge is -2.18. The topological polar surface area (TPSA) is 72.9 Å². The third kappa shape index (κ3) is 4.45. The molecule has 1 N–H and O–H groups in total. The number of alkyl halides is 3. The van der Waals surface area contributed by atoms with Crippen molar-refractivity contribution in [3.63, 3.8) is 0 Å². The van der Waals surface area contributed by atoms with Crippen LogP contribution < -0.4 is 5.43 Å². The fourth-order valence-corrected chi connectivity index (χ4v) is 6.28. The highest BCUT2D eigenvalue weighted by atomic mass is 35.5. The van der Waals surface area contributed by atoms with Gasteiger partial charge in [-0.1, -0.05) is 46.6 Å². The predicted octanol–water partition coefficient (Wildman–Crippen LogP) is 7.13. The third-order valence-corrected chi connectivity index (χ3v) is 8.57. The number of hydrogen-bond acceptors (Lipinski definition) is 6. The summed E-state index contributed by atoms with van der Waals surface area (Å²) in [6.45, 7) is 0.231. The van der Waals surface area contributed by atoms with E-state index in [1.165, 1.54) is 6.33 Å². The van der Waals surface area contributed by atoms with E-state index >= 15 is 0 Å². The molecule has 0 spiro atoms. The van der Waals surface area contributed by atoms with E-state index in [0.717, 1.165) is 17.4 Å². The first-order valence-corrected chi connectivity index (χ1v) is 13.4. The highest BCUT2D eigenvalue weighted by molar-refractivity contribution is 8.14. The molecule has 2 aliphatic rings. The van der Waals surface area contributed by atoms with Crippen LogP contribution in [-0.4, -0.2) is 35.5 Å². The quantitative estimate of drug-likeness (QED) is 0.256. The summed E-state index contributed by atoms with van der Waals surface area (Å²) in [5.74, 6) is 0.479. The van der Waals surface area contributed by atoms with Crippen LogP contribution in [0.4, 0.5) is 13.2 Å². The highest BCUT2D eigenvalue weighted by Crippen LogP contribution is 2.62. The number of aromatic nitrogens is 5. The molecule has 0 radical (unpaired) electrons. The van der Waals surface area contributed by atoms with Gasteiger partial charge in [-0.25, -0.2) is 14.6 Å². The molecule has 1 fully saturated rings. The van der Waals surface area contributed by atoms with Crippen molar-refractivity contribution in [3.05, 3.63) is 81.6 Å². The SMILES string of the molecule is FC(F)(F)C1(C2=NNC(c3nc(-c4ccc(Cl)cc4Cl)n(-c4ccc(Cl)cc4)c3Cn3cncn3)S2)CC1. The summed E-state index contributed by atoms with van der Waals surface area (Å²) >= 11 is 19.9. The lowest BCUT2D eigenvalue weighted by molar-refractivity contribution is -0.164. The summed E-state index contributed by atoms with van der Waals surface area (Å²) in [6, 6.07) is 12.2. The molecule has 2 aromatic carbocycles. The van der Waals surface area contributed by atoms with Crippen molar-refractivity contribution in [2.24, 2.45) is 10.5 Å². The van der Waals surface area contributed by atoms with Crippen molar-refractivity contribution in [1.82, 2.24) is 29.7 Å². The number of benzene rings is 2. The minimum absolute atomic E-state index is 0.0212. The van der Waals surface area contributed by atoms with Gasteiger partial charge < -0.3 is 0 Å². The Balaban J connectivity index is 1.51. The molecule has 1 unspecified atom stereocenters. The van der Waals surface area contributed by atoms with Crippen LogP contribution in [0.1, 0.15) is 29.6 Å². The van der Waals surface area contributed by atoms with Crippen LogP contribution in [-0.2, 0) is 6.54 Å². The van der Waals surface area contributed by atoms with Gasteiger partial charge in [0.2, 0.25) is 0 Å². The maximum absolute atomic E-state index is 13.8. The Labute approximate surface area is 234 Å². The number of imidazole rings is 1. The summed E-state index contributed by atoms with van der Waals surface area (Å²) < 4.78 is 45.0. The maximum atomic E-state index is 13.8. The second kappa shape index (κ2) is 9.48. The summed E-state index contributed by atoms with van der Waals surface area (Å²) in [4.78, 5) is 8.96. The zero-order chi connectivity index (χ0) is 26.7. The summed E-state index contributed by atoms with van der Waals surface area (Å²) in [7, 11) is 0. The Hall–Kier alpha value is -2.73. The largest absolute Gasteiger partial charge is 0.400 e. The van der Waals surface area contributed by atoms with Gasteiger partial charge in [0.15, 0.2) is 0 Å². The fourth-order valence-electron chi connectivity index (χ4n) is 4.38. The van der Waals surface area contributed by atoms with Crippen molar-refractivity contribution < 1.29 is 13.2 Å². The van der Waals surface area contributed by atoms with E-state index in [1.54, 1.807) is 41.3 Å². The van der Waals surface area contributed by atoms with E-state index in [1.807, 2.05) is 16.7 Å². The molecule has 4 aromatic rings. The van der Waals surface area contributed by atoms with Gasteiger partial charge in [-0.3, -0.25) is 9.99 Å². The number of hydrazone groups is 1. The van der Waals surface area contributed by atoms with E-state index in [0.29, 0.717) is 37.8 Å². The Morgan fingerprint density at radius 1 is 1.05 bits per heavy atom. The molecular weight excluding hydrogens is 582 g/mol. The van der Waals surface area contributed by atoms with E-state index in [-0.39, 0.29) is 24.4 Å². The number of halogens is 6. The Morgan fingerprint density at radius 3 is 2.42 bits per heavy atom. The van der Waals surface area contributed by atoms with Gasteiger partial charge in [0.25, 0.3) is 0 Å². The average Bonchev–Trinajstić information content (AvgIpc) is 3.19. The number of hydrogen-bond donors (Lipinski definition) is 1. The molecule has 1 atom stereocenters. The summed E-state index contributed by atoms with van der Waals surface area (Å²) in [5.41, 5.74) is 3.48. The van der Waals surface area contributed by atoms with Gasteiger partial charge in [-0.2, -0.15) is 23.4 Å². The lowest BCUT2D eigenvalue weighted by atomic mass is 10.1. The fraction of sp³-hybridized carbons (Fsp3) is 0.250.